The number of thiazole rings is 1. The van der Waals surface area contributed by atoms with E-state index in [0.717, 1.165) is 22.8 Å². The van der Waals surface area contributed by atoms with Crippen molar-refractivity contribution < 1.29 is 0 Å². The van der Waals surface area contributed by atoms with Crippen molar-refractivity contribution in [2.24, 2.45) is 0 Å². The van der Waals surface area contributed by atoms with Crippen LogP contribution in [0.25, 0.3) is 10.2 Å². The number of benzene rings is 1. The molecule has 13 heavy (non-hydrogen) atoms. The summed E-state index contributed by atoms with van der Waals surface area (Å²) >= 11 is 7.67. The van der Waals surface area contributed by atoms with Crippen molar-refractivity contribution in [3.05, 3.63) is 22.7 Å². The van der Waals surface area contributed by atoms with Gasteiger partial charge in [0.05, 0.1) is 20.9 Å². The largest absolute Gasteiger partial charge is 0.382 e. The first-order valence-corrected chi connectivity index (χ1v) is 5.34. The summed E-state index contributed by atoms with van der Waals surface area (Å²) in [6, 6.07) is 3.90. The normalized spacial score (nSPS) is 10.6. The quantitative estimate of drug-likeness (QED) is 0.826. The van der Waals surface area contributed by atoms with Crippen LogP contribution >= 0.6 is 22.9 Å². The molecular weight excluding hydrogens is 204 g/mol. The number of rotatable bonds is 2. The summed E-state index contributed by atoms with van der Waals surface area (Å²) in [6.45, 7) is 2.90. The zero-order valence-electron chi connectivity index (χ0n) is 7.17. The molecule has 4 heteroatoms. The molecule has 0 amide bonds. The third-order valence-corrected chi connectivity index (χ3v) is 2.91. The Balaban J connectivity index is 2.66. The zero-order valence-corrected chi connectivity index (χ0v) is 8.75. The van der Waals surface area contributed by atoms with Gasteiger partial charge < -0.3 is 5.32 Å². The lowest BCUT2D eigenvalue weighted by Gasteiger charge is -2.05. The number of hydrogen-bond donors (Lipinski definition) is 1. The Hall–Kier alpha value is -0.800. The summed E-state index contributed by atoms with van der Waals surface area (Å²) in [6.07, 6.45) is 0. The predicted molar refractivity (Wildman–Crippen MR) is 58.8 cm³/mol. The summed E-state index contributed by atoms with van der Waals surface area (Å²) < 4.78 is 1.17. The molecule has 2 nitrogen and oxygen atoms in total. The van der Waals surface area contributed by atoms with Crippen LogP contribution < -0.4 is 5.32 Å². The van der Waals surface area contributed by atoms with Crippen LogP contribution in [0.4, 0.5) is 5.69 Å². The fourth-order valence-electron chi connectivity index (χ4n) is 1.25. The van der Waals surface area contributed by atoms with Crippen molar-refractivity contribution >= 4 is 38.8 Å². The molecule has 0 aliphatic rings. The second-order valence-corrected chi connectivity index (χ2v) is 3.95. The molecule has 0 unspecified atom stereocenters. The molecule has 0 aliphatic heterocycles. The molecule has 0 bridgehead atoms. The van der Waals surface area contributed by atoms with Crippen molar-refractivity contribution in [2.75, 3.05) is 11.9 Å². The maximum Gasteiger partial charge on any atom is 0.106 e. The van der Waals surface area contributed by atoms with E-state index in [0.29, 0.717) is 0 Å². The topological polar surface area (TPSA) is 24.9 Å². The number of aromatic nitrogens is 1. The Bertz CT molecular complexity index is 424. The van der Waals surface area contributed by atoms with E-state index in [4.69, 9.17) is 11.6 Å². The minimum absolute atomic E-state index is 0.736. The third-order valence-electron chi connectivity index (χ3n) is 1.81. The van der Waals surface area contributed by atoms with Gasteiger partial charge in [-0.1, -0.05) is 11.6 Å². The summed E-state index contributed by atoms with van der Waals surface area (Å²) in [7, 11) is 0. The van der Waals surface area contributed by atoms with Gasteiger partial charge in [0, 0.05) is 6.54 Å². The van der Waals surface area contributed by atoms with Crippen LogP contribution in [-0.4, -0.2) is 11.5 Å². The number of nitrogens with one attached hydrogen (secondary N) is 1. The van der Waals surface area contributed by atoms with E-state index in [-0.39, 0.29) is 0 Å². The van der Waals surface area contributed by atoms with Gasteiger partial charge >= 0.3 is 0 Å². The Labute approximate surface area is 85.6 Å². The van der Waals surface area contributed by atoms with E-state index in [1.54, 1.807) is 11.3 Å². The highest BCUT2D eigenvalue weighted by atomic mass is 35.5. The minimum atomic E-state index is 0.736. The van der Waals surface area contributed by atoms with E-state index in [2.05, 4.69) is 10.3 Å². The molecular formula is C9H9ClN2S. The van der Waals surface area contributed by atoms with Crippen LogP contribution in [0.2, 0.25) is 5.02 Å². The van der Waals surface area contributed by atoms with Crippen LogP contribution in [0.15, 0.2) is 17.6 Å². The van der Waals surface area contributed by atoms with E-state index in [1.807, 2.05) is 24.6 Å². The second-order valence-electron chi connectivity index (χ2n) is 2.65. The van der Waals surface area contributed by atoms with Gasteiger partial charge in [-0.15, -0.1) is 11.3 Å². The van der Waals surface area contributed by atoms with E-state index in [1.165, 1.54) is 4.70 Å². The fraction of sp³-hybridized carbons (Fsp3) is 0.222. The predicted octanol–water partition coefficient (Wildman–Crippen LogP) is 3.38. The number of halogens is 1. The average molecular weight is 213 g/mol. The highest BCUT2D eigenvalue weighted by Gasteiger charge is 2.06. The molecule has 1 aromatic heterocycles. The molecule has 2 rings (SSSR count). The summed E-state index contributed by atoms with van der Waals surface area (Å²) in [4.78, 5) is 4.27. The van der Waals surface area contributed by atoms with Crippen LogP contribution in [0, 0.1) is 0 Å². The Kier molecular flexibility index (Phi) is 2.38. The standard InChI is InChI=1S/C9H9ClN2S/c1-2-11-8-6(10)3-4-7-9(8)12-5-13-7/h3-5,11H,2H2,1H3. The monoisotopic (exact) mass is 212 g/mol. The van der Waals surface area contributed by atoms with Gasteiger partial charge in [-0.25, -0.2) is 4.98 Å². The molecule has 68 valence electrons. The molecule has 0 fully saturated rings. The van der Waals surface area contributed by atoms with Crippen molar-refractivity contribution in [3.63, 3.8) is 0 Å². The highest BCUT2D eigenvalue weighted by molar-refractivity contribution is 7.16. The van der Waals surface area contributed by atoms with Crippen LogP contribution in [0.3, 0.4) is 0 Å². The molecule has 1 heterocycles. The molecule has 0 saturated heterocycles. The second kappa shape index (κ2) is 3.52. The van der Waals surface area contributed by atoms with Crippen molar-refractivity contribution in [1.29, 1.82) is 0 Å². The third kappa shape index (κ3) is 1.49. The van der Waals surface area contributed by atoms with Gasteiger partial charge in [0.2, 0.25) is 0 Å². The highest BCUT2D eigenvalue weighted by Crippen LogP contribution is 2.31. The molecule has 0 spiro atoms. The Morgan fingerprint density at radius 2 is 2.38 bits per heavy atom. The summed E-state index contributed by atoms with van der Waals surface area (Å²) in [5, 5.41) is 3.95. The molecule has 2 aromatic rings. The van der Waals surface area contributed by atoms with Crippen molar-refractivity contribution in [2.45, 2.75) is 6.92 Å². The maximum absolute atomic E-state index is 6.04. The first-order chi connectivity index (χ1) is 6.33. The van der Waals surface area contributed by atoms with Gasteiger partial charge in [-0.3, -0.25) is 0 Å². The zero-order chi connectivity index (χ0) is 9.26. The molecule has 0 saturated carbocycles. The molecule has 0 radical (unpaired) electrons. The number of nitrogens with zero attached hydrogens (tertiary/aromatic N) is 1. The SMILES string of the molecule is CCNc1c(Cl)ccc2scnc12. The van der Waals surface area contributed by atoms with Gasteiger partial charge in [0.25, 0.3) is 0 Å². The van der Waals surface area contributed by atoms with Gasteiger partial charge in [0.1, 0.15) is 5.52 Å². The van der Waals surface area contributed by atoms with Gasteiger partial charge in [-0.05, 0) is 19.1 Å². The molecule has 1 aromatic carbocycles. The summed E-state index contributed by atoms with van der Waals surface area (Å²) in [5.74, 6) is 0. The minimum Gasteiger partial charge on any atom is -0.382 e. The lowest BCUT2D eigenvalue weighted by molar-refractivity contribution is 1.21. The Morgan fingerprint density at radius 3 is 3.15 bits per heavy atom. The van der Waals surface area contributed by atoms with Crippen molar-refractivity contribution in [3.8, 4) is 0 Å². The lowest BCUT2D eigenvalue weighted by Crippen LogP contribution is -1.97. The average Bonchev–Trinajstić information content (AvgIpc) is 2.58. The fourth-order valence-corrected chi connectivity index (χ4v) is 2.16. The van der Waals surface area contributed by atoms with E-state index in [9.17, 15) is 0 Å². The van der Waals surface area contributed by atoms with Crippen LogP contribution in [0.5, 0.6) is 0 Å². The summed E-state index contributed by atoms with van der Waals surface area (Å²) in [5.41, 5.74) is 3.75. The smallest absolute Gasteiger partial charge is 0.106 e. The number of fused-ring (bicyclic) bond motifs is 1. The lowest BCUT2D eigenvalue weighted by atomic mass is 10.3. The molecule has 0 atom stereocenters. The first kappa shape index (κ1) is 8.78. The maximum atomic E-state index is 6.04. The first-order valence-electron chi connectivity index (χ1n) is 4.08. The van der Waals surface area contributed by atoms with Crippen LogP contribution in [0.1, 0.15) is 6.92 Å². The molecule has 1 N–H and O–H groups in total. The van der Waals surface area contributed by atoms with E-state index >= 15 is 0 Å². The van der Waals surface area contributed by atoms with E-state index < -0.39 is 0 Å². The van der Waals surface area contributed by atoms with Crippen LogP contribution in [-0.2, 0) is 0 Å². The van der Waals surface area contributed by atoms with Gasteiger partial charge in [-0.2, -0.15) is 0 Å². The van der Waals surface area contributed by atoms with Gasteiger partial charge in [0.15, 0.2) is 0 Å². The van der Waals surface area contributed by atoms with Crippen molar-refractivity contribution in [1.82, 2.24) is 4.98 Å². The Morgan fingerprint density at radius 1 is 1.54 bits per heavy atom. The number of hydrogen-bond acceptors (Lipinski definition) is 3. The number of anilines is 1. The molecule has 0 aliphatic carbocycles.